The van der Waals surface area contributed by atoms with Crippen molar-refractivity contribution in [2.24, 2.45) is 0 Å². The molecule has 6 N–H and O–H groups in total. The highest BCUT2D eigenvalue weighted by Crippen LogP contribution is 2.23. The number of rotatable bonds is 40. The van der Waals surface area contributed by atoms with Gasteiger partial charge in [0.25, 0.3) is 0 Å². The summed E-state index contributed by atoms with van der Waals surface area (Å²) in [6, 6.07) is -0.795. The highest BCUT2D eigenvalue weighted by Gasteiger charge is 2.44. The molecule has 9 nitrogen and oxygen atoms in total. The summed E-state index contributed by atoms with van der Waals surface area (Å²) in [5.74, 6) is -0.185. The molecule has 9 heteroatoms. The average molecular weight is 798 g/mol. The first-order valence-electron chi connectivity index (χ1n) is 23.9. The Morgan fingerprint density at radius 2 is 0.982 bits per heavy atom. The molecule has 0 saturated carbocycles. The highest BCUT2D eigenvalue weighted by molar-refractivity contribution is 5.76. The Morgan fingerprint density at radius 1 is 0.589 bits per heavy atom. The normalized spacial score (nSPS) is 21.2. The Balaban J connectivity index is 1.97. The number of carbonyl (C=O) groups excluding carboxylic acids is 1. The molecule has 0 bridgehead atoms. The van der Waals surface area contributed by atoms with Crippen LogP contribution < -0.4 is 5.32 Å². The molecule has 332 valence electrons. The van der Waals surface area contributed by atoms with Crippen LogP contribution >= 0.6 is 0 Å². The molecule has 0 radical (unpaired) electrons. The SMILES string of the molecule is CCC/C=C/C(O)C(COC1OC(CO)C(O)C(O)C1O)NC(=O)CCCCCCCCCCCCCCCCCCCCCCCCCCCCCCCC. The summed E-state index contributed by atoms with van der Waals surface area (Å²) < 4.78 is 11.1. The van der Waals surface area contributed by atoms with Crippen LogP contribution in [0.15, 0.2) is 12.2 Å². The zero-order valence-electron chi connectivity index (χ0n) is 36.4. The lowest BCUT2D eigenvalue weighted by Crippen LogP contribution is -2.60. The number of amides is 1. The lowest BCUT2D eigenvalue weighted by atomic mass is 9.99. The van der Waals surface area contributed by atoms with Crippen LogP contribution in [0.25, 0.3) is 0 Å². The molecule has 0 aromatic heterocycles. The second-order valence-electron chi connectivity index (χ2n) is 16.9. The number of nitrogens with one attached hydrogen (secondary N) is 1. The number of hydrogen-bond acceptors (Lipinski definition) is 8. The summed E-state index contributed by atoms with van der Waals surface area (Å²) in [6.45, 7) is 3.57. The van der Waals surface area contributed by atoms with Crippen LogP contribution in [0.5, 0.6) is 0 Å². The van der Waals surface area contributed by atoms with Gasteiger partial charge >= 0.3 is 0 Å². The summed E-state index contributed by atoms with van der Waals surface area (Å²) in [5.41, 5.74) is 0. The molecule has 1 heterocycles. The number of aliphatic hydroxyl groups is 5. The standard InChI is InChI=1S/C47H91NO8/c1-3-5-7-8-9-10-11-12-13-14-15-16-17-18-19-20-21-22-23-24-25-26-27-28-29-30-31-32-33-35-37-43(51)48-40(41(50)36-34-6-4-2)39-55-47-46(54)45(53)44(52)42(38-49)56-47/h34,36,40-42,44-47,49-50,52-54H,3-33,35,37-39H2,1-2H3,(H,48,51)/b36-34+. The molecule has 0 aliphatic carbocycles. The number of hydrogen-bond donors (Lipinski definition) is 6. The predicted molar refractivity (Wildman–Crippen MR) is 231 cm³/mol. The van der Waals surface area contributed by atoms with Crippen molar-refractivity contribution in [3.8, 4) is 0 Å². The fourth-order valence-corrected chi connectivity index (χ4v) is 7.75. The second kappa shape index (κ2) is 38.2. The Labute approximate surface area is 344 Å². The summed E-state index contributed by atoms with van der Waals surface area (Å²) >= 11 is 0. The smallest absolute Gasteiger partial charge is 0.220 e. The van der Waals surface area contributed by atoms with Gasteiger partial charge in [-0.1, -0.05) is 219 Å². The molecule has 56 heavy (non-hydrogen) atoms. The van der Waals surface area contributed by atoms with E-state index in [1.165, 1.54) is 173 Å². The van der Waals surface area contributed by atoms with Crippen LogP contribution in [0.4, 0.5) is 0 Å². The van der Waals surface area contributed by atoms with Crippen molar-refractivity contribution in [3.63, 3.8) is 0 Å². The van der Waals surface area contributed by atoms with E-state index in [0.29, 0.717) is 6.42 Å². The topological polar surface area (TPSA) is 149 Å². The molecule has 0 spiro atoms. The molecule has 7 atom stereocenters. The first-order valence-corrected chi connectivity index (χ1v) is 23.9. The number of ether oxygens (including phenoxy) is 2. The van der Waals surface area contributed by atoms with Gasteiger partial charge in [0.2, 0.25) is 5.91 Å². The van der Waals surface area contributed by atoms with E-state index in [9.17, 15) is 30.3 Å². The van der Waals surface area contributed by atoms with Gasteiger partial charge in [-0.15, -0.1) is 0 Å². The molecule has 1 rings (SSSR count). The molecule has 1 amide bonds. The van der Waals surface area contributed by atoms with Crippen LogP contribution in [-0.2, 0) is 14.3 Å². The van der Waals surface area contributed by atoms with Crippen molar-refractivity contribution in [3.05, 3.63) is 12.2 Å². The van der Waals surface area contributed by atoms with Crippen molar-refractivity contribution in [1.82, 2.24) is 5.32 Å². The third kappa shape index (κ3) is 28.4. The van der Waals surface area contributed by atoms with Crippen LogP contribution in [0.1, 0.15) is 226 Å². The lowest BCUT2D eigenvalue weighted by molar-refractivity contribution is -0.302. The van der Waals surface area contributed by atoms with Crippen LogP contribution in [0.3, 0.4) is 0 Å². The summed E-state index contributed by atoms with van der Waals surface area (Å²) in [5, 5.41) is 53.4. The Morgan fingerprint density at radius 3 is 1.36 bits per heavy atom. The van der Waals surface area contributed by atoms with Crippen LogP contribution in [0.2, 0.25) is 0 Å². The number of carbonyl (C=O) groups is 1. The van der Waals surface area contributed by atoms with E-state index in [1.54, 1.807) is 6.08 Å². The maximum absolute atomic E-state index is 12.8. The zero-order valence-corrected chi connectivity index (χ0v) is 36.4. The van der Waals surface area contributed by atoms with Crippen molar-refractivity contribution in [2.45, 2.75) is 269 Å². The monoisotopic (exact) mass is 798 g/mol. The first-order chi connectivity index (χ1) is 27.3. The molecule has 1 aliphatic rings. The first kappa shape index (κ1) is 52.9. The Kier molecular flexibility index (Phi) is 36.1. The van der Waals surface area contributed by atoms with Gasteiger partial charge in [-0.05, 0) is 12.8 Å². The molecule has 1 fully saturated rings. The van der Waals surface area contributed by atoms with E-state index >= 15 is 0 Å². The van der Waals surface area contributed by atoms with Gasteiger partial charge in [0.15, 0.2) is 6.29 Å². The molecule has 7 unspecified atom stereocenters. The quantitative estimate of drug-likeness (QED) is 0.0265. The molecule has 0 aromatic rings. The van der Waals surface area contributed by atoms with Gasteiger partial charge in [-0.2, -0.15) is 0 Å². The van der Waals surface area contributed by atoms with Crippen molar-refractivity contribution < 1.29 is 39.8 Å². The molecule has 1 saturated heterocycles. The van der Waals surface area contributed by atoms with E-state index in [-0.39, 0.29) is 12.5 Å². The average Bonchev–Trinajstić information content (AvgIpc) is 3.19. The minimum atomic E-state index is -1.56. The number of allylic oxidation sites excluding steroid dienone is 1. The zero-order chi connectivity index (χ0) is 40.9. The number of aliphatic hydroxyl groups excluding tert-OH is 5. The van der Waals surface area contributed by atoms with Crippen LogP contribution in [0, 0.1) is 0 Å². The summed E-state index contributed by atoms with van der Waals surface area (Å²) in [7, 11) is 0. The van der Waals surface area contributed by atoms with E-state index in [2.05, 4.69) is 12.2 Å². The second-order valence-corrected chi connectivity index (χ2v) is 16.9. The van der Waals surface area contributed by atoms with Crippen molar-refractivity contribution >= 4 is 5.91 Å². The van der Waals surface area contributed by atoms with Gasteiger partial charge in [0.1, 0.15) is 24.4 Å². The Hall–Kier alpha value is -1.07. The molecular formula is C47H91NO8. The van der Waals surface area contributed by atoms with E-state index < -0.39 is 49.5 Å². The summed E-state index contributed by atoms with van der Waals surface area (Å²) in [4.78, 5) is 12.8. The molecule has 0 aromatic carbocycles. The largest absolute Gasteiger partial charge is 0.394 e. The van der Waals surface area contributed by atoms with Gasteiger partial charge in [0.05, 0.1) is 25.4 Å². The maximum atomic E-state index is 12.8. The third-order valence-electron chi connectivity index (χ3n) is 11.6. The molecular weight excluding hydrogens is 707 g/mol. The maximum Gasteiger partial charge on any atom is 0.220 e. The van der Waals surface area contributed by atoms with Gasteiger partial charge in [-0.3, -0.25) is 4.79 Å². The minimum Gasteiger partial charge on any atom is -0.394 e. The van der Waals surface area contributed by atoms with Crippen LogP contribution in [-0.4, -0.2) is 87.5 Å². The van der Waals surface area contributed by atoms with Gasteiger partial charge in [0, 0.05) is 6.42 Å². The molecule has 1 aliphatic heterocycles. The lowest BCUT2D eigenvalue weighted by Gasteiger charge is -2.40. The fourth-order valence-electron chi connectivity index (χ4n) is 7.75. The Bertz CT molecular complexity index is 888. The fraction of sp³-hybridized carbons (Fsp3) is 0.936. The van der Waals surface area contributed by atoms with E-state index in [1.807, 2.05) is 13.0 Å². The van der Waals surface area contributed by atoms with Gasteiger partial charge in [-0.25, -0.2) is 0 Å². The van der Waals surface area contributed by atoms with Gasteiger partial charge < -0.3 is 40.3 Å². The van der Waals surface area contributed by atoms with Crippen molar-refractivity contribution in [2.75, 3.05) is 13.2 Å². The number of unbranched alkanes of at least 4 members (excludes halogenated alkanes) is 30. The summed E-state index contributed by atoms with van der Waals surface area (Å²) in [6.07, 6.45) is 38.2. The highest BCUT2D eigenvalue weighted by atomic mass is 16.7. The minimum absolute atomic E-state index is 0.185. The van der Waals surface area contributed by atoms with Crippen molar-refractivity contribution in [1.29, 1.82) is 0 Å². The predicted octanol–water partition coefficient (Wildman–Crippen LogP) is 10.1. The third-order valence-corrected chi connectivity index (χ3v) is 11.6. The van der Waals surface area contributed by atoms with E-state index in [4.69, 9.17) is 9.47 Å². The van der Waals surface area contributed by atoms with E-state index in [0.717, 1.165) is 32.1 Å².